The van der Waals surface area contributed by atoms with Gasteiger partial charge in [0.15, 0.2) is 5.78 Å². The predicted octanol–water partition coefficient (Wildman–Crippen LogP) is 4.13. The van der Waals surface area contributed by atoms with Crippen molar-refractivity contribution in [2.24, 2.45) is 7.05 Å². The lowest BCUT2D eigenvalue weighted by molar-refractivity contribution is 0.104. The van der Waals surface area contributed by atoms with Crippen molar-refractivity contribution in [3.63, 3.8) is 0 Å². The minimum absolute atomic E-state index is 0.0782. The molecule has 100 valence electrons. The van der Waals surface area contributed by atoms with Crippen LogP contribution in [0, 0.1) is 0 Å². The van der Waals surface area contributed by atoms with Crippen LogP contribution in [0.25, 0.3) is 10.9 Å². The van der Waals surface area contributed by atoms with E-state index >= 15 is 0 Å². The van der Waals surface area contributed by atoms with Gasteiger partial charge in [-0.05, 0) is 36.6 Å². The Labute approximate surface area is 122 Å². The maximum Gasteiger partial charge on any atom is 0.195 e. The second-order valence-electron chi connectivity index (χ2n) is 4.73. The van der Waals surface area contributed by atoms with Crippen molar-refractivity contribution in [3.8, 4) is 0 Å². The number of benzene rings is 2. The van der Waals surface area contributed by atoms with Gasteiger partial charge in [-0.25, -0.2) is 0 Å². The summed E-state index contributed by atoms with van der Waals surface area (Å²) in [6, 6.07) is 15.8. The third kappa shape index (κ3) is 2.14. The third-order valence-electron chi connectivity index (χ3n) is 3.49. The van der Waals surface area contributed by atoms with Crippen LogP contribution < -0.4 is 0 Å². The number of carbonyl (C=O) groups excluding carboxylic acids is 1. The summed E-state index contributed by atoms with van der Waals surface area (Å²) < 4.78 is 2.00. The lowest BCUT2D eigenvalue weighted by Crippen LogP contribution is -2.00. The molecule has 0 fully saturated rings. The van der Waals surface area contributed by atoms with Crippen molar-refractivity contribution < 1.29 is 4.79 Å². The third-order valence-corrected chi connectivity index (χ3v) is 4.24. The molecule has 20 heavy (non-hydrogen) atoms. The molecule has 3 heteroatoms. The Morgan fingerprint density at radius 1 is 1.05 bits per heavy atom. The maximum absolute atomic E-state index is 12.7. The Kier molecular flexibility index (Phi) is 3.36. The van der Waals surface area contributed by atoms with Crippen molar-refractivity contribution in [2.75, 3.05) is 6.26 Å². The van der Waals surface area contributed by atoms with Gasteiger partial charge >= 0.3 is 0 Å². The summed E-state index contributed by atoms with van der Waals surface area (Å²) in [6.45, 7) is 0. The standard InChI is InChI=1S/C17H15NOS/c1-18-11-15(14-5-3-4-6-16(14)18)17(19)12-7-9-13(20-2)10-8-12/h3-11H,1-2H3. The summed E-state index contributed by atoms with van der Waals surface area (Å²) in [7, 11) is 1.97. The van der Waals surface area contributed by atoms with Crippen LogP contribution in [-0.2, 0) is 7.05 Å². The van der Waals surface area contributed by atoms with Crippen LogP contribution in [0.5, 0.6) is 0 Å². The zero-order chi connectivity index (χ0) is 14.1. The molecule has 0 saturated heterocycles. The zero-order valence-electron chi connectivity index (χ0n) is 11.5. The molecule has 0 saturated carbocycles. The van der Waals surface area contributed by atoms with Crippen molar-refractivity contribution in [3.05, 3.63) is 65.9 Å². The van der Waals surface area contributed by atoms with E-state index in [1.807, 2.05) is 72.6 Å². The molecule has 1 heterocycles. The fourth-order valence-corrected chi connectivity index (χ4v) is 2.83. The molecule has 2 nitrogen and oxygen atoms in total. The average molecular weight is 281 g/mol. The van der Waals surface area contributed by atoms with Gasteiger partial charge in [-0.1, -0.05) is 18.2 Å². The topological polar surface area (TPSA) is 22.0 Å². The summed E-state index contributed by atoms with van der Waals surface area (Å²) >= 11 is 1.68. The van der Waals surface area contributed by atoms with Crippen molar-refractivity contribution in [1.82, 2.24) is 4.57 Å². The van der Waals surface area contributed by atoms with Crippen LogP contribution in [0.1, 0.15) is 15.9 Å². The van der Waals surface area contributed by atoms with Gasteiger partial charge in [0, 0.05) is 40.2 Å². The normalized spacial score (nSPS) is 10.9. The van der Waals surface area contributed by atoms with Gasteiger partial charge in [-0.15, -0.1) is 11.8 Å². The molecule has 0 amide bonds. The van der Waals surface area contributed by atoms with Crippen LogP contribution in [0.15, 0.2) is 59.6 Å². The number of rotatable bonds is 3. The fraction of sp³-hybridized carbons (Fsp3) is 0.118. The second-order valence-corrected chi connectivity index (χ2v) is 5.61. The van der Waals surface area contributed by atoms with E-state index in [2.05, 4.69) is 0 Å². The first kappa shape index (κ1) is 13.0. The minimum Gasteiger partial charge on any atom is -0.350 e. The Balaban J connectivity index is 2.08. The van der Waals surface area contributed by atoms with E-state index in [9.17, 15) is 4.79 Å². The molecule has 0 radical (unpaired) electrons. The Morgan fingerprint density at radius 3 is 2.45 bits per heavy atom. The number of aryl methyl sites for hydroxylation is 1. The van der Waals surface area contributed by atoms with Crippen LogP contribution in [0.3, 0.4) is 0 Å². The molecule has 0 aliphatic rings. The smallest absolute Gasteiger partial charge is 0.195 e. The largest absolute Gasteiger partial charge is 0.350 e. The molecule has 0 spiro atoms. The maximum atomic E-state index is 12.7. The monoisotopic (exact) mass is 281 g/mol. The Hall–Kier alpha value is -2.00. The SMILES string of the molecule is CSc1ccc(C(=O)c2cn(C)c3ccccc23)cc1. The van der Waals surface area contributed by atoms with Crippen molar-refractivity contribution >= 4 is 28.4 Å². The molecule has 3 rings (SSSR count). The zero-order valence-corrected chi connectivity index (χ0v) is 12.3. The number of fused-ring (bicyclic) bond motifs is 1. The Morgan fingerprint density at radius 2 is 1.75 bits per heavy atom. The lowest BCUT2D eigenvalue weighted by Gasteiger charge is -2.01. The van der Waals surface area contributed by atoms with E-state index < -0.39 is 0 Å². The quantitative estimate of drug-likeness (QED) is 0.532. The van der Waals surface area contributed by atoms with E-state index in [-0.39, 0.29) is 5.78 Å². The predicted molar refractivity (Wildman–Crippen MR) is 84.6 cm³/mol. The summed E-state index contributed by atoms with van der Waals surface area (Å²) in [4.78, 5) is 13.8. The van der Waals surface area contributed by atoms with Crippen LogP contribution >= 0.6 is 11.8 Å². The van der Waals surface area contributed by atoms with E-state index in [0.717, 1.165) is 22.0 Å². The van der Waals surface area contributed by atoms with Crippen molar-refractivity contribution in [2.45, 2.75) is 4.90 Å². The molecule has 0 aliphatic heterocycles. The Bertz CT molecular complexity index is 771. The van der Waals surface area contributed by atoms with Gasteiger partial charge in [0.1, 0.15) is 0 Å². The lowest BCUT2D eigenvalue weighted by atomic mass is 10.0. The van der Waals surface area contributed by atoms with Crippen molar-refractivity contribution in [1.29, 1.82) is 0 Å². The van der Waals surface area contributed by atoms with E-state index in [1.165, 1.54) is 4.90 Å². The molecule has 0 atom stereocenters. The summed E-state index contributed by atoms with van der Waals surface area (Å²) in [6.07, 6.45) is 3.94. The van der Waals surface area contributed by atoms with Crippen LogP contribution in [-0.4, -0.2) is 16.6 Å². The molecular formula is C17H15NOS. The first-order valence-electron chi connectivity index (χ1n) is 6.43. The average Bonchev–Trinajstić information content (AvgIpc) is 2.84. The number of nitrogens with zero attached hydrogens (tertiary/aromatic N) is 1. The number of ketones is 1. The van der Waals surface area contributed by atoms with E-state index in [0.29, 0.717) is 0 Å². The summed E-state index contributed by atoms with van der Waals surface area (Å²) in [5.41, 5.74) is 2.58. The number of thioether (sulfide) groups is 1. The molecule has 1 aromatic heterocycles. The fourth-order valence-electron chi connectivity index (χ4n) is 2.42. The summed E-state index contributed by atoms with van der Waals surface area (Å²) in [5, 5.41) is 1.01. The number of hydrogen-bond donors (Lipinski definition) is 0. The minimum atomic E-state index is 0.0782. The molecule has 0 bridgehead atoms. The first-order chi connectivity index (χ1) is 9.70. The van der Waals surface area contributed by atoms with Gasteiger partial charge in [0.05, 0.1) is 0 Å². The van der Waals surface area contributed by atoms with Gasteiger partial charge in [0.2, 0.25) is 0 Å². The van der Waals surface area contributed by atoms with E-state index in [1.54, 1.807) is 11.8 Å². The molecule has 0 unspecified atom stereocenters. The number of para-hydroxylation sites is 1. The van der Waals surface area contributed by atoms with Gasteiger partial charge in [-0.3, -0.25) is 4.79 Å². The molecular weight excluding hydrogens is 266 g/mol. The number of carbonyl (C=O) groups is 1. The first-order valence-corrected chi connectivity index (χ1v) is 7.66. The van der Waals surface area contributed by atoms with Crippen LogP contribution in [0.4, 0.5) is 0 Å². The highest BCUT2D eigenvalue weighted by molar-refractivity contribution is 7.98. The van der Waals surface area contributed by atoms with E-state index in [4.69, 9.17) is 0 Å². The summed E-state index contributed by atoms with van der Waals surface area (Å²) in [5.74, 6) is 0.0782. The molecule has 2 aromatic carbocycles. The number of aromatic nitrogens is 1. The highest BCUT2D eigenvalue weighted by atomic mass is 32.2. The highest BCUT2D eigenvalue weighted by Crippen LogP contribution is 2.24. The molecule has 0 N–H and O–H groups in total. The van der Waals surface area contributed by atoms with Crippen LogP contribution in [0.2, 0.25) is 0 Å². The van der Waals surface area contributed by atoms with Gasteiger partial charge < -0.3 is 4.57 Å². The second kappa shape index (κ2) is 5.17. The van der Waals surface area contributed by atoms with Gasteiger partial charge in [-0.2, -0.15) is 0 Å². The number of hydrogen-bond acceptors (Lipinski definition) is 2. The molecule has 3 aromatic rings. The molecule has 0 aliphatic carbocycles. The highest BCUT2D eigenvalue weighted by Gasteiger charge is 2.15. The van der Waals surface area contributed by atoms with Gasteiger partial charge in [0.25, 0.3) is 0 Å².